The maximum atomic E-state index is 11.7. The molecule has 0 aromatic carbocycles. The average Bonchev–Trinajstić information content (AvgIpc) is 2.52. The fourth-order valence-corrected chi connectivity index (χ4v) is 2.90. The second-order valence-corrected chi connectivity index (χ2v) is 5.39. The SMILES string of the molecule is CC[C@@H](C)C(=O)OC1C[C@H]2CC[C@@H](C1)N2C. The highest BCUT2D eigenvalue weighted by Gasteiger charge is 2.40. The molecule has 16 heavy (non-hydrogen) atoms. The summed E-state index contributed by atoms with van der Waals surface area (Å²) in [6, 6.07) is 1.29. The van der Waals surface area contributed by atoms with Crippen LogP contribution in [0.15, 0.2) is 0 Å². The lowest BCUT2D eigenvalue weighted by molar-refractivity contribution is -0.156. The monoisotopic (exact) mass is 225 g/mol. The van der Waals surface area contributed by atoms with E-state index in [1.165, 1.54) is 12.8 Å². The van der Waals surface area contributed by atoms with Crippen LogP contribution in [0, 0.1) is 5.92 Å². The average molecular weight is 225 g/mol. The van der Waals surface area contributed by atoms with Crippen molar-refractivity contribution < 1.29 is 9.53 Å². The van der Waals surface area contributed by atoms with Gasteiger partial charge >= 0.3 is 5.97 Å². The molecule has 0 spiro atoms. The Morgan fingerprint density at radius 3 is 2.44 bits per heavy atom. The van der Waals surface area contributed by atoms with Crippen LogP contribution >= 0.6 is 0 Å². The normalized spacial score (nSPS) is 36.1. The lowest BCUT2D eigenvalue weighted by Crippen LogP contribution is -2.43. The van der Waals surface area contributed by atoms with E-state index in [9.17, 15) is 4.79 Å². The molecule has 4 atom stereocenters. The first kappa shape index (κ1) is 11.9. The van der Waals surface area contributed by atoms with E-state index in [-0.39, 0.29) is 18.0 Å². The molecule has 2 heterocycles. The molecule has 0 aromatic heterocycles. The van der Waals surface area contributed by atoms with Crippen LogP contribution in [-0.2, 0) is 9.53 Å². The molecule has 0 aromatic rings. The summed E-state index contributed by atoms with van der Waals surface area (Å²) in [4.78, 5) is 14.2. The van der Waals surface area contributed by atoms with Crippen molar-refractivity contribution in [2.45, 2.75) is 64.1 Å². The van der Waals surface area contributed by atoms with Crippen molar-refractivity contribution in [1.29, 1.82) is 0 Å². The number of ether oxygens (including phenoxy) is 1. The van der Waals surface area contributed by atoms with Gasteiger partial charge in [-0.2, -0.15) is 0 Å². The van der Waals surface area contributed by atoms with Crippen molar-refractivity contribution in [3.05, 3.63) is 0 Å². The molecule has 3 nitrogen and oxygen atoms in total. The summed E-state index contributed by atoms with van der Waals surface area (Å²) in [5, 5.41) is 0. The summed E-state index contributed by atoms with van der Waals surface area (Å²) in [6.45, 7) is 3.98. The lowest BCUT2D eigenvalue weighted by Gasteiger charge is -2.36. The number of carbonyl (C=O) groups is 1. The fourth-order valence-electron chi connectivity index (χ4n) is 2.90. The molecule has 2 rings (SSSR count). The summed E-state index contributed by atoms with van der Waals surface area (Å²) in [5.74, 6) is 0.0498. The topological polar surface area (TPSA) is 29.5 Å². The number of carbonyl (C=O) groups excluding carboxylic acids is 1. The van der Waals surface area contributed by atoms with Crippen molar-refractivity contribution in [3.8, 4) is 0 Å². The van der Waals surface area contributed by atoms with Gasteiger partial charge in [-0.05, 0) is 39.2 Å². The van der Waals surface area contributed by atoms with E-state index < -0.39 is 0 Å². The van der Waals surface area contributed by atoms with Gasteiger partial charge in [-0.15, -0.1) is 0 Å². The van der Waals surface area contributed by atoms with Gasteiger partial charge in [0.1, 0.15) is 6.10 Å². The minimum Gasteiger partial charge on any atom is -0.462 e. The fraction of sp³-hybridized carbons (Fsp3) is 0.923. The lowest BCUT2D eigenvalue weighted by atomic mass is 10.00. The van der Waals surface area contributed by atoms with Crippen molar-refractivity contribution in [3.63, 3.8) is 0 Å². The predicted octanol–water partition coefficient (Wildman–Crippen LogP) is 2.20. The molecule has 2 fully saturated rings. The van der Waals surface area contributed by atoms with Gasteiger partial charge in [0, 0.05) is 12.1 Å². The number of piperidine rings is 1. The molecule has 0 saturated carbocycles. The minimum absolute atomic E-state index is 0.00328. The van der Waals surface area contributed by atoms with E-state index in [4.69, 9.17) is 4.74 Å². The Morgan fingerprint density at radius 1 is 1.38 bits per heavy atom. The van der Waals surface area contributed by atoms with E-state index in [1.54, 1.807) is 0 Å². The van der Waals surface area contributed by atoms with E-state index in [0.717, 1.165) is 19.3 Å². The zero-order valence-corrected chi connectivity index (χ0v) is 10.6. The van der Waals surface area contributed by atoms with Crippen LogP contribution < -0.4 is 0 Å². The van der Waals surface area contributed by atoms with Crippen molar-refractivity contribution in [2.75, 3.05) is 7.05 Å². The van der Waals surface area contributed by atoms with Gasteiger partial charge in [-0.25, -0.2) is 0 Å². The van der Waals surface area contributed by atoms with Gasteiger partial charge in [0.2, 0.25) is 0 Å². The van der Waals surface area contributed by atoms with Gasteiger partial charge in [0.05, 0.1) is 5.92 Å². The van der Waals surface area contributed by atoms with Crippen LogP contribution in [0.2, 0.25) is 0 Å². The smallest absolute Gasteiger partial charge is 0.308 e. The van der Waals surface area contributed by atoms with Crippen LogP contribution in [0.3, 0.4) is 0 Å². The first-order valence-electron chi connectivity index (χ1n) is 6.54. The molecular weight excluding hydrogens is 202 g/mol. The first-order chi connectivity index (χ1) is 7.61. The number of hydrogen-bond acceptors (Lipinski definition) is 3. The molecule has 92 valence electrons. The minimum atomic E-state index is -0.00328. The molecule has 0 N–H and O–H groups in total. The molecule has 2 aliphatic heterocycles. The molecule has 1 unspecified atom stereocenters. The zero-order valence-electron chi connectivity index (χ0n) is 10.6. The molecule has 0 aliphatic carbocycles. The Labute approximate surface area is 98.1 Å². The summed E-state index contributed by atoms with van der Waals surface area (Å²) in [6.07, 6.45) is 5.68. The van der Waals surface area contributed by atoms with Crippen LogP contribution in [0.1, 0.15) is 46.0 Å². The number of nitrogens with zero attached hydrogens (tertiary/aromatic N) is 1. The Hall–Kier alpha value is -0.570. The molecule has 3 heteroatoms. The third kappa shape index (κ3) is 2.24. The predicted molar refractivity (Wildman–Crippen MR) is 63.1 cm³/mol. The van der Waals surface area contributed by atoms with Gasteiger partial charge in [-0.1, -0.05) is 13.8 Å². The van der Waals surface area contributed by atoms with Crippen molar-refractivity contribution in [2.24, 2.45) is 5.92 Å². The zero-order chi connectivity index (χ0) is 11.7. The third-order valence-electron chi connectivity index (χ3n) is 4.35. The van der Waals surface area contributed by atoms with E-state index in [2.05, 4.69) is 11.9 Å². The summed E-state index contributed by atoms with van der Waals surface area (Å²) >= 11 is 0. The third-order valence-corrected chi connectivity index (χ3v) is 4.35. The van der Waals surface area contributed by atoms with Crippen molar-refractivity contribution >= 4 is 5.97 Å². The highest BCUT2D eigenvalue weighted by molar-refractivity contribution is 5.72. The number of hydrogen-bond donors (Lipinski definition) is 0. The van der Waals surface area contributed by atoms with Gasteiger partial charge in [0.25, 0.3) is 0 Å². The standard InChI is InChI=1S/C13H23NO2/c1-4-9(2)13(15)16-12-7-10-5-6-11(8-12)14(10)3/h9-12H,4-8H2,1-3H3/t9-,10-,11+,12?/m1/s1. The second kappa shape index (κ2) is 4.74. The highest BCUT2D eigenvalue weighted by atomic mass is 16.5. The highest BCUT2D eigenvalue weighted by Crippen LogP contribution is 2.35. The van der Waals surface area contributed by atoms with Crippen LogP contribution in [0.4, 0.5) is 0 Å². The number of rotatable bonds is 3. The van der Waals surface area contributed by atoms with E-state index in [1.807, 2.05) is 13.8 Å². The molecular formula is C13H23NO2. The quantitative estimate of drug-likeness (QED) is 0.690. The van der Waals surface area contributed by atoms with Crippen LogP contribution in [0.25, 0.3) is 0 Å². The second-order valence-electron chi connectivity index (χ2n) is 5.39. The summed E-state index contributed by atoms with van der Waals surface area (Å²) < 4.78 is 5.61. The Balaban J connectivity index is 1.87. The Bertz CT molecular complexity index is 253. The molecule has 2 saturated heterocycles. The van der Waals surface area contributed by atoms with E-state index >= 15 is 0 Å². The number of esters is 1. The van der Waals surface area contributed by atoms with Gasteiger partial charge < -0.3 is 9.64 Å². The Morgan fingerprint density at radius 2 is 1.94 bits per heavy atom. The largest absolute Gasteiger partial charge is 0.462 e. The van der Waals surface area contributed by atoms with E-state index in [0.29, 0.717) is 12.1 Å². The molecule has 2 aliphatic rings. The maximum Gasteiger partial charge on any atom is 0.308 e. The van der Waals surface area contributed by atoms with Crippen LogP contribution in [0.5, 0.6) is 0 Å². The maximum absolute atomic E-state index is 11.7. The van der Waals surface area contributed by atoms with Crippen molar-refractivity contribution in [1.82, 2.24) is 4.90 Å². The molecule has 2 bridgehead atoms. The van der Waals surface area contributed by atoms with Gasteiger partial charge in [-0.3, -0.25) is 4.79 Å². The van der Waals surface area contributed by atoms with Crippen LogP contribution in [-0.4, -0.2) is 36.1 Å². The van der Waals surface area contributed by atoms with Gasteiger partial charge in [0.15, 0.2) is 0 Å². The Kier molecular flexibility index (Phi) is 3.53. The summed E-state index contributed by atoms with van der Waals surface area (Å²) in [7, 11) is 2.20. The first-order valence-corrected chi connectivity index (χ1v) is 6.54. The molecule has 0 radical (unpaired) electrons. The summed E-state index contributed by atoms with van der Waals surface area (Å²) in [5.41, 5.74) is 0. The number of fused-ring (bicyclic) bond motifs is 2. The molecule has 0 amide bonds.